The Morgan fingerprint density at radius 3 is 2.92 bits per heavy atom. The van der Waals surface area contributed by atoms with E-state index in [1.54, 1.807) is 6.07 Å². The third-order valence-corrected chi connectivity index (χ3v) is 1.48. The van der Waals surface area contributed by atoms with Gasteiger partial charge in [0.2, 0.25) is 0 Å². The van der Waals surface area contributed by atoms with E-state index in [0.29, 0.717) is 11.4 Å². The highest BCUT2D eigenvalue weighted by atomic mass is 19.1. The van der Waals surface area contributed by atoms with Gasteiger partial charge < -0.3 is 10.1 Å². The topological polar surface area (TPSA) is 45.0 Å². The Hall–Kier alpha value is -1.76. The van der Waals surface area contributed by atoms with Crippen LogP contribution in [-0.2, 0) is 0 Å². The van der Waals surface area contributed by atoms with E-state index >= 15 is 0 Å². The monoisotopic (exact) mass is 180 g/mol. The second-order valence-corrected chi connectivity index (χ2v) is 2.39. The van der Waals surface area contributed by atoms with E-state index in [1.807, 2.05) is 6.07 Å². The summed E-state index contributed by atoms with van der Waals surface area (Å²) >= 11 is 0. The molecule has 0 bridgehead atoms. The SMILES string of the molecule is COc1cc(F)cc(NCC#N)c1. The Labute approximate surface area is 75.7 Å². The van der Waals surface area contributed by atoms with Gasteiger partial charge in [0.15, 0.2) is 0 Å². The number of halogens is 1. The predicted octanol–water partition coefficient (Wildman–Crippen LogP) is 1.77. The van der Waals surface area contributed by atoms with E-state index in [-0.39, 0.29) is 12.4 Å². The minimum atomic E-state index is -0.389. The molecule has 1 rings (SSSR count). The van der Waals surface area contributed by atoms with Crippen molar-refractivity contribution in [3.05, 3.63) is 24.0 Å². The molecule has 1 N–H and O–H groups in total. The lowest BCUT2D eigenvalue weighted by Crippen LogP contribution is -1.99. The molecule has 1 aromatic rings. The van der Waals surface area contributed by atoms with Gasteiger partial charge in [-0.15, -0.1) is 0 Å². The summed E-state index contributed by atoms with van der Waals surface area (Å²) in [5.74, 6) is 0.0419. The number of nitriles is 1. The van der Waals surface area contributed by atoms with Gasteiger partial charge >= 0.3 is 0 Å². The van der Waals surface area contributed by atoms with Crippen LogP contribution < -0.4 is 10.1 Å². The molecule has 13 heavy (non-hydrogen) atoms. The van der Waals surface area contributed by atoms with Gasteiger partial charge in [-0.25, -0.2) is 4.39 Å². The van der Waals surface area contributed by atoms with Crippen LogP contribution in [0.3, 0.4) is 0 Å². The minimum absolute atomic E-state index is 0.145. The highest BCUT2D eigenvalue weighted by molar-refractivity contribution is 5.49. The molecular weight excluding hydrogens is 171 g/mol. The van der Waals surface area contributed by atoms with E-state index in [2.05, 4.69) is 5.32 Å². The van der Waals surface area contributed by atoms with Gasteiger partial charge in [-0.2, -0.15) is 5.26 Å². The van der Waals surface area contributed by atoms with Crippen molar-refractivity contribution < 1.29 is 9.13 Å². The molecule has 0 spiro atoms. The van der Waals surface area contributed by atoms with Crippen LogP contribution in [0.1, 0.15) is 0 Å². The van der Waals surface area contributed by atoms with Crippen molar-refractivity contribution in [2.75, 3.05) is 19.0 Å². The number of hydrogen-bond donors (Lipinski definition) is 1. The van der Waals surface area contributed by atoms with Crippen LogP contribution in [-0.4, -0.2) is 13.7 Å². The Kier molecular flexibility index (Phi) is 3.09. The fourth-order valence-electron chi connectivity index (χ4n) is 0.924. The van der Waals surface area contributed by atoms with Crippen molar-refractivity contribution in [3.8, 4) is 11.8 Å². The van der Waals surface area contributed by atoms with Crippen LogP contribution in [0.25, 0.3) is 0 Å². The average molecular weight is 180 g/mol. The maximum Gasteiger partial charge on any atom is 0.128 e. The molecule has 0 amide bonds. The van der Waals surface area contributed by atoms with Crippen molar-refractivity contribution in [2.24, 2.45) is 0 Å². The number of nitrogens with one attached hydrogen (secondary N) is 1. The average Bonchev–Trinajstić information content (AvgIpc) is 2.14. The summed E-state index contributed by atoms with van der Waals surface area (Å²) < 4.78 is 17.7. The largest absolute Gasteiger partial charge is 0.497 e. The van der Waals surface area contributed by atoms with Crippen LogP contribution in [0.5, 0.6) is 5.75 Å². The molecule has 0 atom stereocenters. The standard InChI is InChI=1S/C9H9FN2O/c1-13-9-5-7(10)4-8(6-9)12-3-2-11/h4-6,12H,3H2,1H3. The molecule has 0 radical (unpaired) electrons. The maximum absolute atomic E-state index is 12.8. The number of nitrogens with zero attached hydrogens (tertiary/aromatic N) is 1. The van der Waals surface area contributed by atoms with E-state index in [1.165, 1.54) is 19.2 Å². The fourth-order valence-corrected chi connectivity index (χ4v) is 0.924. The van der Waals surface area contributed by atoms with E-state index in [0.717, 1.165) is 0 Å². The van der Waals surface area contributed by atoms with Gasteiger partial charge in [0, 0.05) is 17.8 Å². The Morgan fingerprint density at radius 2 is 2.31 bits per heavy atom. The highest BCUT2D eigenvalue weighted by Gasteiger charge is 1.99. The van der Waals surface area contributed by atoms with Gasteiger partial charge in [0.05, 0.1) is 13.2 Å². The van der Waals surface area contributed by atoms with E-state index in [9.17, 15) is 4.39 Å². The van der Waals surface area contributed by atoms with Crippen molar-refractivity contribution in [1.82, 2.24) is 0 Å². The van der Waals surface area contributed by atoms with Crippen LogP contribution in [0.15, 0.2) is 18.2 Å². The van der Waals surface area contributed by atoms with Gasteiger partial charge in [-0.05, 0) is 6.07 Å². The summed E-state index contributed by atoms with van der Waals surface area (Å²) in [7, 11) is 1.46. The van der Waals surface area contributed by atoms with Crippen LogP contribution in [0.4, 0.5) is 10.1 Å². The molecular formula is C9H9FN2O. The zero-order chi connectivity index (χ0) is 9.68. The van der Waals surface area contributed by atoms with Crippen LogP contribution in [0, 0.1) is 17.1 Å². The molecule has 0 aliphatic carbocycles. The first-order chi connectivity index (χ1) is 6.26. The number of benzene rings is 1. The second kappa shape index (κ2) is 4.31. The normalized spacial score (nSPS) is 9.00. The molecule has 1 aromatic carbocycles. The molecule has 3 nitrogen and oxygen atoms in total. The summed E-state index contributed by atoms with van der Waals surface area (Å²) in [6, 6.07) is 6.10. The lowest BCUT2D eigenvalue weighted by Gasteiger charge is -2.04. The molecule has 4 heteroatoms. The molecule has 0 aromatic heterocycles. The summed E-state index contributed by atoms with van der Waals surface area (Å²) in [4.78, 5) is 0. The Bertz CT molecular complexity index is 333. The third-order valence-electron chi connectivity index (χ3n) is 1.48. The number of anilines is 1. The van der Waals surface area contributed by atoms with Crippen molar-refractivity contribution in [2.45, 2.75) is 0 Å². The van der Waals surface area contributed by atoms with Gasteiger partial charge in [0.25, 0.3) is 0 Å². The van der Waals surface area contributed by atoms with Gasteiger partial charge in [0.1, 0.15) is 18.1 Å². The Balaban J connectivity index is 2.83. The summed E-state index contributed by atoms with van der Waals surface area (Å²) in [6.45, 7) is 0.145. The molecule has 0 heterocycles. The first-order valence-electron chi connectivity index (χ1n) is 3.71. The summed E-state index contributed by atoms with van der Waals surface area (Å²) in [5, 5.41) is 11.0. The lowest BCUT2D eigenvalue weighted by atomic mass is 10.3. The van der Waals surface area contributed by atoms with Gasteiger partial charge in [-0.3, -0.25) is 0 Å². The summed E-state index contributed by atoms with van der Waals surface area (Å²) in [5.41, 5.74) is 0.540. The number of hydrogen-bond acceptors (Lipinski definition) is 3. The molecule has 0 saturated heterocycles. The molecule has 0 aliphatic rings. The van der Waals surface area contributed by atoms with Crippen molar-refractivity contribution in [3.63, 3.8) is 0 Å². The fraction of sp³-hybridized carbons (Fsp3) is 0.222. The van der Waals surface area contributed by atoms with Crippen molar-refractivity contribution in [1.29, 1.82) is 5.26 Å². The van der Waals surface area contributed by atoms with E-state index in [4.69, 9.17) is 10.00 Å². The van der Waals surface area contributed by atoms with Gasteiger partial charge in [-0.1, -0.05) is 0 Å². The zero-order valence-electron chi connectivity index (χ0n) is 7.17. The maximum atomic E-state index is 12.8. The highest BCUT2D eigenvalue weighted by Crippen LogP contribution is 2.19. The first-order valence-corrected chi connectivity index (χ1v) is 3.71. The van der Waals surface area contributed by atoms with Crippen LogP contribution in [0.2, 0.25) is 0 Å². The number of ether oxygens (including phenoxy) is 1. The number of rotatable bonds is 3. The quantitative estimate of drug-likeness (QED) is 0.721. The molecule has 0 saturated carbocycles. The Morgan fingerprint density at radius 1 is 1.54 bits per heavy atom. The number of methoxy groups -OCH3 is 1. The minimum Gasteiger partial charge on any atom is -0.497 e. The molecule has 68 valence electrons. The molecule has 0 fully saturated rings. The van der Waals surface area contributed by atoms with E-state index < -0.39 is 0 Å². The first kappa shape index (κ1) is 9.33. The molecule has 0 aliphatic heterocycles. The molecule has 0 unspecified atom stereocenters. The smallest absolute Gasteiger partial charge is 0.128 e. The lowest BCUT2D eigenvalue weighted by molar-refractivity contribution is 0.411. The predicted molar refractivity (Wildman–Crippen MR) is 47.1 cm³/mol. The summed E-state index contributed by atoms with van der Waals surface area (Å²) in [6.07, 6.45) is 0. The van der Waals surface area contributed by atoms with Crippen LogP contribution >= 0.6 is 0 Å². The van der Waals surface area contributed by atoms with Crippen molar-refractivity contribution >= 4 is 5.69 Å². The zero-order valence-corrected chi connectivity index (χ0v) is 7.17. The third kappa shape index (κ3) is 2.64. The second-order valence-electron chi connectivity index (χ2n) is 2.39.